The van der Waals surface area contributed by atoms with Crippen LogP contribution in [0.25, 0.3) is 0 Å². The van der Waals surface area contributed by atoms with E-state index in [4.69, 9.17) is 5.73 Å². The maximum absolute atomic E-state index is 5.97. The van der Waals surface area contributed by atoms with Crippen molar-refractivity contribution < 1.29 is 0 Å². The van der Waals surface area contributed by atoms with Crippen molar-refractivity contribution in [1.82, 2.24) is 19.9 Å². The Morgan fingerprint density at radius 3 is 2.82 bits per heavy atom. The Hall–Kier alpha value is -0.940. The van der Waals surface area contributed by atoms with E-state index in [1.807, 2.05) is 10.9 Å². The lowest BCUT2D eigenvalue weighted by Gasteiger charge is -2.29. The zero-order valence-corrected chi connectivity index (χ0v) is 11.1. The number of piperidine rings is 1. The van der Waals surface area contributed by atoms with Gasteiger partial charge in [0.15, 0.2) is 0 Å². The SMILES string of the molecule is CC(C)(C)n1cc(CN2CCC[C@@H](N)C2)nn1. The number of aromatic nitrogens is 3. The molecule has 0 saturated carbocycles. The average molecular weight is 237 g/mol. The van der Waals surface area contributed by atoms with Crippen LogP contribution in [0.4, 0.5) is 0 Å². The van der Waals surface area contributed by atoms with Gasteiger partial charge in [-0.25, -0.2) is 4.68 Å². The van der Waals surface area contributed by atoms with Crippen molar-refractivity contribution in [1.29, 1.82) is 0 Å². The lowest BCUT2D eigenvalue weighted by Crippen LogP contribution is -2.42. The Morgan fingerprint density at radius 2 is 2.24 bits per heavy atom. The van der Waals surface area contributed by atoms with Crippen molar-refractivity contribution >= 4 is 0 Å². The maximum atomic E-state index is 5.97. The highest BCUT2D eigenvalue weighted by Crippen LogP contribution is 2.14. The van der Waals surface area contributed by atoms with Gasteiger partial charge < -0.3 is 5.73 Å². The van der Waals surface area contributed by atoms with Gasteiger partial charge in [0.2, 0.25) is 0 Å². The summed E-state index contributed by atoms with van der Waals surface area (Å²) in [6.07, 6.45) is 4.37. The summed E-state index contributed by atoms with van der Waals surface area (Å²) in [6.45, 7) is 9.34. The zero-order chi connectivity index (χ0) is 12.5. The first-order valence-corrected chi connectivity index (χ1v) is 6.35. The molecule has 5 nitrogen and oxygen atoms in total. The van der Waals surface area contributed by atoms with E-state index in [1.165, 1.54) is 6.42 Å². The molecule has 0 unspecified atom stereocenters. The van der Waals surface area contributed by atoms with Crippen LogP contribution < -0.4 is 5.73 Å². The summed E-state index contributed by atoms with van der Waals surface area (Å²) in [7, 11) is 0. The second-order valence-corrected chi connectivity index (χ2v) is 5.96. The van der Waals surface area contributed by atoms with Crippen molar-refractivity contribution in [2.45, 2.75) is 51.7 Å². The van der Waals surface area contributed by atoms with Gasteiger partial charge in [0.1, 0.15) is 0 Å². The predicted molar refractivity (Wildman–Crippen MR) is 67.5 cm³/mol. The number of likely N-dealkylation sites (tertiary alicyclic amines) is 1. The van der Waals surface area contributed by atoms with E-state index in [1.54, 1.807) is 0 Å². The molecule has 5 heteroatoms. The van der Waals surface area contributed by atoms with Gasteiger partial charge in [-0.05, 0) is 40.2 Å². The second-order valence-electron chi connectivity index (χ2n) is 5.96. The molecule has 1 fully saturated rings. The van der Waals surface area contributed by atoms with Crippen molar-refractivity contribution in [3.63, 3.8) is 0 Å². The molecule has 1 aromatic rings. The maximum Gasteiger partial charge on any atom is 0.0967 e. The predicted octanol–water partition coefficient (Wildman–Crippen LogP) is 0.956. The van der Waals surface area contributed by atoms with Gasteiger partial charge in [0.25, 0.3) is 0 Å². The third kappa shape index (κ3) is 3.26. The quantitative estimate of drug-likeness (QED) is 0.832. The first-order valence-electron chi connectivity index (χ1n) is 6.35. The minimum Gasteiger partial charge on any atom is -0.327 e. The number of nitrogens with two attached hydrogens (primary N) is 1. The fourth-order valence-corrected chi connectivity index (χ4v) is 2.16. The Bertz CT molecular complexity index is 365. The molecule has 17 heavy (non-hydrogen) atoms. The standard InChI is InChI=1S/C12H23N5/c1-12(2,3)17-9-11(14-15-17)8-16-6-4-5-10(13)7-16/h9-10H,4-8,13H2,1-3H3/t10-/m1/s1. The molecule has 0 spiro atoms. The van der Waals surface area contributed by atoms with E-state index < -0.39 is 0 Å². The van der Waals surface area contributed by atoms with Crippen LogP contribution in [-0.4, -0.2) is 39.0 Å². The van der Waals surface area contributed by atoms with E-state index >= 15 is 0 Å². The van der Waals surface area contributed by atoms with Crippen molar-refractivity contribution in [3.05, 3.63) is 11.9 Å². The monoisotopic (exact) mass is 237 g/mol. The fourth-order valence-electron chi connectivity index (χ4n) is 2.16. The van der Waals surface area contributed by atoms with E-state index in [2.05, 4.69) is 36.0 Å². The number of hydrogen-bond donors (Lipinski definition) is 1. The molecular weight excluding hydrogens is 214 g/mol. The van der Waals surface area contributed by atoms with Crippen LogP contribution in [0.1, 0.15) is 39.3 Å². The van der Waals surface area contributed by atoms with Crippen LogP contribution in [-0.2, 0) is 12.1 Å². The third-order valence-corrected chi connectivity index (χ3v) is 3.16. The molecule has 1 aliphatic heterocycles. The molecule has 96 valence electrons. The lowest BCUT2D eigenvalue weighted by atomic mass is 10.1. The van der Waals surface area contributed by atoms with Gasteiger partial charge in [-0.15, -0.1) is 5.10 Å². The van der Waals surface area contributed by atoms with E-state index in [0.717, 1.165) is 31.7 Å². The molecule has 1 atom stereocenters. The fraction of sp³-hybridized carbons (Fsp3) is 0.833. The molecule has 0 aromatic carbocycles. The first-order chi connectivity index (χ1) is 7.95. The van der Waals surface area contributed by atoms with Crippen LogP contribution in [0.5, 0.6) is 0 Å². The van der Waals surface area contributed by atoms with E-state index in [0.29, 0.717) is 6.04 Å². The summed E-state index contributed by atoms with van der Waals surface area (Å²) in [5.41, 5.74) is 7.01. The molecule has 0 aliphatic carbocycles. The lowest BCUT2D eigenvalue weighted by molar-refractivity contribution is 0.199. The first kappa shape index (κ1) is 12.5. The molecule has 2 N–H and O–H groups in total. The Labute approximate surface area is 103 Å². The van der Waals surface area contributed by atoms with Crippen molar-refractivity contribution in [2.24, 2.45) is 5.73 Å². The van der Waals surface area contributed by atoms with Crippen LogP contribution in [0, 0.1) is 0 Å². The minimum atomic E-state index is 0.00352. The summed E-state index contributed by atoms with van der Waals surface area (Å²) in [6, 6.07) is 0.321. The molecule has 1 aliphatic rings. The molecule has 0 radical (unpaired) electrons. The Balaban J connectivity index is 1.97. The van der Waals surface area contributed by atoms with E-state index in [-0.39, 0.29) is 5.54 Å². The minimum absolute atomic E-state index is 0.00352. The third-order valence-electron chi connectivity index (χ3n) is 3.16. The molecule has 0 bridgehead atoms. The molecule has 2 heterocycles. The summed E-state index contributed by atoms with van der Waals surface area (Å²) in [4.78, 5) is 2.37. The van der Waals surface area contributed by atoms with Crippen LogP contribution in [0.2, 0.25) is 0 Å². The van der Waals surface area contributed by atoms with Crippen LogP contribution in [0.3, 0.4) is 0 Å². The largest absolute Gasteiger partial charge is 0.327 e. The second kappa shape index (κ2) is 4.74. The highest BCUT2D eigenvalue weighted by molar-refractivity contribution is 4.95. The summed E-state index contributed by atoms with van der Waals surface area (Å²) in [5, 5.41) is 8.41. The topological polar surface area (TPSA) is 60.0 Å². The molecule has 2 rings (SSSR count). The summed E-state index contributed by atoms with van der Waals surface area (Å²) < 4.78 is 1.92. The summed E-state index contributed by atoms with van der Waals surface area (Å²) >= 11 is 0. The highest BCUT2D eigenvalue weighted by Gasteiger charge is 2.19. The molecule has 1 saturated heterocycles. The zero-order valence-electron chi connectivity index (χ0n) is 11.1. The summed E-state index contributed by atoms with van der Waals surface area (Å²) in [5.74, 6) is 0. The molecule has 0 amide bonds. The van der Waals surface area contributed by atoms with E-state index in [9.17, 15) is 0 Å². The van der Waals surface area contributed by atoms with Gasteiger partial charge in [0, 0.05) is 19.1 Å². The van der Waals surface area contributed by atoms with Gasteiger partial charge in [0.05, 0.1) is 17.4 Å². The van der Waals surface area contributed by atoms with Crippen molar-refractivity contribution in [3.8, 4) is 0 Å². The number of nitrogens with zero attached hydrogens (tertiary/aromatic N) is 4. The highest BCUT2D eigenvalue weighted by atomic mass is 15.4. The smallest absolute Gasteiger partial charge is 0.0967 e. The van der Waals surface area contributed by atoms with Crippen LogP contribution >= 0.6 is 0 Å². The average Bonchev–Trinajstić information content (AvgIpc) is 2.65. The molecule has 1 aromatic heterocycles. The normalized spacial score (nSPS) is 22.9. The van der Waals surface area contributed by atoms with Gasteiger partial charge in [-0.3, -0.25) is 4.90 Å². The Morgan fingerprint density at radius 1 is 1.47 bits per heavy atom. The molecular formula is C12H23N5. The number of hydrogen-bond acceptors (Lipinski definition) is 4. The number of rotatable bonds is 2. The van der Waals surface area contributed by atoms with Crippen LogP contribution in [0.15, 0.2) is 6.20 Å². The Kier molecular flexibility index (Phi) is 3.49. The van der Waals surface area contributed by atoms with Crippen molar-refractivity contribution in [2.75, 3.05) is 13.1 Å². The van der Waals surface area contributed by atoms with Gasteiger partial charge >= 0.3 is 0 Å². The van der Waals surface area contributed by atoms with Gasteiger partial charge in [-0.1, -0.05) is 5.21 Å². The van der Waals surface area contributed by atoms with Gasteiger partial charge in [-0.2, -0.15) is 0 Å².